The molecule has 0 fully saturated rings. The van der Waals surface area contributed by atoms with Crippen LogP contribution in [0.3, 0.4) is 0 Å². The predicted molar refractivity (Wildman–Crippen MR) is 87.7 cm³/mol. The van der Waals surface area contributed by atoms with Crippen molar-refractivity contribution in [2.45, 2.75) is 38.8 Å². The molecule has 0 aliphatic carbocycles. The molecule has 1 aromatic heterocycles. The first-order valence-electron chi connectivity index (χ1n) is 6.42. The molecule has 6 heteroatoms. The average molecular weight is 411 g/mol. The van der Waals surface area contributed by atoms with Crippen molar-refractivity contribution in [2.24, 2.45) is 0 Å². The van der Waals surface area contributed by atoms with Crippen LogP contribution < -0.4 is 0 Å². The molecule has 0 amide bonds. The molecule has 0 radical (unpaired) electrons. The van der Waals surface area contributed by atoms with Crippen LogP contribution in [-0.2, 0) is 17.2 Å². The fraction of sp³-hybridized carbons (Fsp3) is 0.500. The molecular formula is C14H17ClFIN2O. The number of benzene rings is 1. The lowest BCUT2D eigenvalue weighted by Gasteiger charge is -2.26. The Hall–Kier alpha value is -0.400. The minimum atomic E-state index is -0.358. The van der Waals surface area contributed by atoms with E-state index in [-0.39, 0.29) is 17.3 Å². The molecule has 1 heterocycles. The Morgan fingerprint density at radius 3 is 2.75 bits per heavy atom. The summed E-state index contributed by atoms with van der Waals surface area (Å²) >= 11 is 7.93. The van der Waals surface area contributed by atoms with E-state index >= 15 is 0 Å². The maximum Gasteiger partial charge on any atom is 0.138 e. The van der Waals surface area contributed by atoms with Gasteiger partial charge in [0.05, 0.1) is 32.6 Å². The SMILES string of the molecule is CCOC(C)(C)Cn1c(CCl)nc2cc(I)c(F)cc21. The highest BCUT2D eigenvalue weighted by atomic mass is 127. The van der Waals surface area contributed by atoms with E-state index in [1.54, 1.807) is 6.07 Å². The normalized spacial score (nSPS) is 12.3. The minimum absolute atomic E-state index is 0.241. The van der Waals surface area contributed by atoms with Crippen molar-refractivity contribution in [3.05, 3.63) is 27.3 Å². The van der Waals surface area contributed by atoms with Crippen molar-refractivity contribution < 1.29 is 9.13 Å². The van der Waals surface area contributed by atoms with Crippen LogP contribution in [0.25, 0.3) is 11.0 Å². The van der Waals surface area contributed by atoms with Gasteiger partial charge in [-0.05, 0) is 49.4 Å². The van der Waals surface area contributed by atoms with Crippen molar-refractivity contribution in [2.75, 3.05) is 6.61 Å². The number of hydrogen-bond acceptors (Lipinski definition) is 2. The number of nitrogens with zero attached hydrogens (tertiary/aromatic N) is 2. The smallest absolute Gasteiger partial charge is 0.138 e. The quantitative estimate of drug-likeness (QED) is 0.542. The lowest BCUT2D eigenvalue weighted by Crippen LogP contribution is -2.31. The summed E-state index contributed by atoms with van der Waals surface area (Å²) in [6, 6.07) is 3.26. The molecule has 0 saturated carbocycles. The zero-order valence-electron chi connectivity index (χ0n) is 11.7. The van der Waals surface area contributed by atoms with Crippen molar-refractivity contribution in [1.29, 1.82) is 0 Å². The number of fused-ring (bicyclic) bond motifs is 1. The van der Waals surface area contributed by atoms with Crippen LogP contribution in [0.2, 0.25) is 0 Å². The Balaban J connectivity index is 2.53. The number of halogens is 3. The van der Waals surface area contributed by atoms with E-state index in [9.17, 15) is 4.39 Å². The van der Waals surface area contributed by atoms with Gasteiger partial charge in [-0.15, -0.1) is 11.6 Å². The van der Waals surface area contributed by atoms with E-state index < -0.39 is 0 Å². The fourth-order valence-electron chi connectivity index (χ4n) is 2.27. The summed E-state index contributed by atoms with van der Waals surface area (Å²) in [6.07, 6.45) is 0. The van der Waals surface area contributed by atoms with Gasteiger partial charge in [-0.1, -0.05) is 0 Å². The van der Waals surface area contributed by atoms with Crippen LogP contribution in [0, 0.1) is 9.39 Å². The molecule has 0 aliphatic heterocycles. The molecule has 3 nitrogen and oxygen atoms in total. The molecule has 0 N–H and O–H groups in total. The Labute approximate surface area is 136 Å². The Kier molecular flexibility index (Phi) is 4.92. The molecule has 0 spiro atoms. The van der Waals surface area contributed by atoms with Crippen molar-refractivity contribution in [3.8, 4) is 0 Å². The maximum atomic E-state index is 13.8. The first-order chi connectivity index (χ1) is 9.38. The molecule has 0 bridgehead atoms. The van der Waals surface area contributed by atoms with Crippen LogP contribution in [0.15, 0.2) is 12.1 Å². The largest absolute Gasteiger partial charge is 0.374 e. The van der Waals surface area contributed by atoms with Gasteiger partial charge in [0, 0.05) is 12.7 Å². The Morgan fingerprint density at radius 2 is 2.15 bits per heavy atom. The third-order valence-electron chi connectivity index (χ3n) is 3.06. The number of aromatic nitrogens is 2. The van der Waals surface area contributed by atoms with Crippen molar-refractivity contribution >= 4 is 45.2 Å². The highest BCUT2D eigenvalue weighted by Crippen LogP contribution is 2.25. The maximum absolute atomic E-state index is 13.8. The third kappa shape index (κ3) is 3.26. The number of imidazole rings is 1. The highest BCUT2D eigenvalue weighted by Gasteiger charge is 2.22. The van der Waals surface area contributed by atoms with E-state index in [1.807, 2.05) is 47.9 Å². The first kappa shape index (κ1) is 16.0. The minimum Gasteiger partial charge on any atom is -0.374 e. The standard InChI is InChI=1S/C14H17ClFIN2O/c1-4-20-14(2,3)8-19-12-5-9(16)10(17)6-11(12)18-13(19)7-15/h5-6H,4,7-8H2,1-3H3. The lowest BCUT2D eigenvalue weighted by atomic mass is 10.1. The van der Waals surface area contributed by atoms with Gasteiger partial charge >= 0.3 is 0 Å². The summed E-state index contributed by atoms with van der Waals surface area (Å²) in [6.45, 7) is 7.17. The number of alkyl halides is 1. The van der Waals surface area contributed by atoms with Crippen LogP contribution in [-0.4, -0.2) is 21.8 Å². The number of hydrogen-bond donors (Lipinski definition) is 0. The summed E-state index contributed by atoms with van der Waals surface area (Å²) in [7, 11) is 0. The molecule has 0 atom stereocenters. The van der Waals surface area contributed by atoms with Gasteiger partial charge in [-0.3, -0.25) is 0 Å². The van der Waals surface area contributed by atoms with Crippen LogP contribution in [0.4, 0.5) is 4.39 Å². The van der Waals surface area contributed by atoms with E-state index in [0.29, 0.717) is 16.7 Å². The molecule has 2 rings (SSSR count). The topological polar surface area (TPSA) is 27.1 Å². The number of ether oxygens (including phenoxy) is 1. The summed E-state index contributed by atoms with van der Waals surface area (Å²) in [5, 5.41) is 0. The van der Waals surface area contributed by atoms with Gasteiger partial charge in [0.2, 0.25) is 0 Å². The summed E-state index contributed by atoms with van der Waals surface area (Å²) in [5.74, 6) is 0.778. The first-order valence-corrected chi connectivity index (χ1v) is 8.03. The monoisotopic (exact) mass is 410 g/mol. The molecule has 20 heavy (non-hydrogen) atoms. The Morgan fingerprint density at radius 1 is 1.45 bits per heavy atom. The second-order valence-electron chi connectivity index (χ2n) is 5.20. The van der Waals surface area contributed by atoms with Gasteiger partial charge in [-0.25, -0.2) is 9.37 Å². The zero-order chi connectivity index (χ0) is 14.9. The molecule has 0 unspecified atom stereocenters. The lowest BCUT2D eigenvalue weighted by molar-refractivity contribution is -0.0220. The predicted octanol–water partition coefficient (Wildman–Crippen LogP) is 4.33. The summed E-state index contributed by atoms with van der Waals surface area (Å²) < 4.78 is 22.0. The summed E-state index contributed by atoms with van der Waals surface area (Å²) in [4.78, 5) is 4.48. The Bertz CT molecular complexity index is 627. The van der Waals surface area contributed by atoms with Crippen molar-refractivity contribution in [1.82, 2.24) is 9.55 Å². The third-order valence-corrected chi connectivity index (χ3v) is 4.13. The van der Waals surface area contributed by atoms with Crippen molar-refractivity contribution in [3.63, 3.8) is 0 Å². The average Bonchev–Trinajstić information content (AvgIpc) is 2.67. The van der Waals surface area contributed by atoms with E-state index in [4.69, 9.17) is 16.3 Å². The van der Waals surface area contributed by atoms with Crippen LogP contribution in [0.1, 0.15) is 26.6 Å². The second-order valence-corrected chi connectivity index (χ2v) is 6.62. The van der Waals surface area contributed by atoms with Gasteiger partial charge in [0.1, 0.15) is 11.6 Å². The number of rotatable bonds is 5. The van der Waals surface area contributed by atoms with E-state index in [1.165, 1.54) is 6.07 Å². The molecular weight excluding hydrogens is 394 g/mol. The zero-order valence-corrected chi connectivity index (χ0v) is 14.6. The molecule has 0 saturated heterocycles. The van der Waals surface area contributed by atoms with Gasteiger partial charge in [0.15, 0.2) is 0 Å². The highest BCUT2D eigenvalue weighted by molar-refractivity contribution is 14.1. The van der Waals surface area contributed by atoms with E-state index in [0.717, 1.165) is 16.9 Å². The summed E-state index contributed by atoms with van der Waals surface area (Å²) in [5.41, 5.74) is 1.16. The second kappa shape index (κ2) is 6.15. The van der Waals surface area contributed by atoms with Crippen LogP contribution in [0.5, 0.6) is 0 Å². The molecule has 0 aliphatic rings. The van der Waals surface area contributed by atoms with Gasteiger partial charge < -0.3 is 9.30 Å². The van der Waals surface area contributed by atoms with Gasteiger partial charge in [0.25, 0.3) is 0 Å². The van der Waals surface area contributed by atoms with Crippen LogP contribution >= 0.6 is 34.2 Å². The molecule has 1 aromatic carbocycles. The fourth-order valence-corrected chi connectivity index (χ4v) is 2.92. The molecule has 110 valence electrons. The van der Waals surface area contributed by atoms with E-state index in [2.05, 4.69) is 4.98 Å². The molecule has 2 aromatic rings. The van der Waals surface area contributed by atoms with Gasteiger partial charge in [-0.2, -0.15) is 0 Å².